The van der Waals surface area contributed by atoms with Gasteiger partial charge < -0.3 is 0 Å². The second kappa shape index (κ2) is 6.59. The summed E-state index contributed by atoms with van der Waals surface area (Å²) < 4.78 is 0. The molecule has 0 saturated carbocycles. The van der Waals surface area contributed by atoms with Crippen molar-refractivity contribution < 1.29 is 9.92 Å². The molecular weight excluding hydrogens is 290 g/mol. The molecule has 0 spiro atoms. The lowest BCUT2D eigenvalue weighted by Crippen LogP contribution is -2.38. The van der Waals surface area contributed by atoms with Crippen LogP contribution in [0.15, 0.2) is 60.7 Å². The summed E-state index contributed by atoms with van der Waals surface area (Å²) in [5, 5.41) is 9.80. The molecule has 2 aromatic rings. The summed E-state index contributed by atoms with van der Waals surface area (Å²) in [5.41, 5.74) is 0.157. The van der Waals surface area contributed by atoms with Gasteiger partial charge in [0.25, 0.3) is 5.09 Å². The summed E-state index contributed by atoms with van der Waals surface area (Å²) in [6, 6.07) is 19.2. The van der Waals surface area contributed by atoms with Crippen LogP contribution < -0.4 is 0 Å². The molecule has 0 heterocycles. The van der Waals surface area contributed by atoms with Crippen LogP contribution in [0.4, 0.5) is 0 Å². The van der Waals surface area contributed by atoms with Gasteiger partial charge in [-0.15, -0.1) is 10.1 Å². The highest BCUT2D eigenvalue weighted by Gasteiger charge is 2.37. The molecule has 2 atom stereocenters. The Balaban J connectivity index is 2.36. The molecule has 0 aliphatic rings. The van der Waals surface area contributed by atoms with Crippen LogP contribution in [0, 0.1) is 10.1 Å². The van der Waals surface area contributed by atoms with Crippen LogP contribution in [0.25, 0.3) is 0 Å². The number of hydrogen-bond donors (Lipinski definition) is 0. The summed E-state index contributed by atoms with van der Waals surface area (Å²) in [7, 11) is 0. The van der Waals surface area contributed by atoms with E-state index in [0.29, 0.717) is 6.42 Å². The Kier molecular flexibility index (Phi) is 4.81. The van der Waals surface area contributed by atoms with E-state index in [1.165, 1.54) is 0 Å². The van der Waals surface area contributed by atoms with Gasteiger partial charge in [0.1, 0.15) is 0 Å². The Labute approximate surface area is 128 Å². The second-order valence-electron chi connectivity index (χ2n) is 5.09. The van der Waals surface area contributed by atoms with E-state index >= 15 is 0 Å². The van der Waals surface area contributed by atoms with Crippen LogP contribution in [0.2, 0.25) is 0 Å². The standard InChI is InChI=1S/C16H16ClNO3/c1-16(15(17)21-18(19)20,14-10-6-3-7-11-14)12-13-8-4-2-5-9-13/h2-11,15H,12H2,1H3. The molecule has 110 valence electrons. The highest BCUT2D eigenvalue weighted by molar-refractivity contribution is 6.20. The molecule has 0 amide bonds. The van der Waals surface area contributed by atoms with Crippen LogP contribution in [0.3, 0.4) is 0 Å². The molecule has 0 saturated heterocycles. The fraction of sp³-hybridized carbons (Fsp3) is 0.250. The highest BCUT2D eigenvalue weighted by atomic mass is 35.5. The van der Waals surface area contributed by atoms with Gasteiger partial charge in [0.05, 0.1) is 0 Å². The van der Waals surface area contributed by atoms with E-state index < -0.39 is 16.1 Å². The molecule has 0 radical (unpaired) electrons. The van der Waals surface area contributed by atoms with Crippen molar-refractivity contribution in [1.29, 1.82) is 0 Å². The van der Waals surface area contributed by atoms with E-state index in [4.69, 9.17) is 11.6 Å². The van der Waals surface area contributed by atoms with Crippen molar-refractivity contribution >= 4 is 11.6 Å². The molecule has 0 fully saturated rings. The lowest BCUT2D eigenvalue weighted by molar-refractivity contribution is -0.764. The molecule has 0 N–H and O–H groups in total. The molecule has 0 aliphatic heterocycles. The van der Waals surface area contributed by atoms with Gasteiger partial charge in [-0.25, -0.2) is 0 Å². The quantitative estimate of drug-likeness (QED) is 0.461. The fourth-order valence-corrected chi connectivity index (χ4v) is 2.61. The van der Waals surface area contributed by atoms with Crippen LogP contribution in [0.5, 0.6) is 0 Å². The molecule has 2 unspecified atom stereocenters. The van der Waals surface area contributed by atoms with Crippen molar-refractivity contribution in [2.24, 2.45) is 0 Å². The van der Waals surface area contributed by atoms with Gasteiger partial charge in [0, 0.05) is 5.41 Å². The molecule has 5 heteroatoms. The number of rotatable bonds is 6. The van der Waals surface area contributed by atoms with Gasteiger partial charge >= 0.3 is 0 Å². The summed E-state index contributed by atoms with van der Waals surface area (Å²) in [6.45, 7) is 1.87. The molecule has 0 aliphatic carbocycles. The number of nitrogens with zero attached hydrogens (tertiary/aromatic N) is 1. The third-order valence-electron chi connectivity index (χ3n) is 3.53. The van der Waals surface area contributed by atoms with Crippen molar-refractivity contribution in [3.05, 3.63) is 81.9 Å². The van der Waals surface area contributed by atoms with E-state index in [9.17, 15) is 10.1 Å². The molecule has 0 bridgehead atoms. The first-order valence-corrected chi connectivity index (χ1v) is 7.01. The molecule has 4 nitrogen and oxygen atoms in total. The Morgan fingerprint density at radius 1 is 1.14 bits per heavy atom. The number of alkyl halides is 1. The van der Waals surface area contributed by atoms with E-state index in [1.807, 2.05) is 67.6 Å². The maximum Gasteiger partial charge on any atom is 0.296 e. The zero-order valence-corrected chi connectivity index (χ0v) is 12.4. The Bertz CT molecular complexity index is 591. The smallest absolute Gasteiger partial charge is 0.294 e. The third kappa shape index (κ3) is 3.73. The fourth-order valence-electron chi connectivity index (χ4n) is 2.34. The average Bonchev–Trinajstić information content (AvgIpc) is 2.48. The largest absolute Gasteiger partial charge is 0.296 e. The van der Waals surface area contributed by atoms with Crippen molar-refractivity contribution in [3.8, 4) is 0 Å². The lowest BCUT2D eigenvalue weighted by atomic mass is 9.78. The van der Waals surface area contributed by atoms with Crippen molar-refractivity contribution in [3.63, 3.8) is 0 Å². The first-order chi connectivity index (χ1) is 10.0. The predicted octanol–water partition coefficient (Wildman–Crippen LogP) is 3.96. The normalized spacial score (nSPS) is 15.0. The van der Waals surface area contributed by atoms with E-state index in [1.54, 1.807) is 0 Å². The molecular formula is C16H16ClNO3. The topological polar surface area (TPSA) is 52.4 Å². The first kappa shape index (κ1) is 15.3. The number of hydrogen-bond acceptors (Lipinski definition) is 3. The zero-order chi connectivity index (χ0) is 15.3. The maximum absolute atomic E-state index is 10.6. The molecule has 2 aromatic carbocycles. The van der Waals surface area contributed by atoms with Gasteiger partial charge in [-0.1, -0.05) is 79.2 Å². The Hall–Kier alpha value is -2.07. The van der Waals surface area contributed by atoms with Crippen LogP contribution in [-0.4, -0.2) is 10.6 Å². The van der Waals surface area contributed by atoms with Gasteiger partial charge in [-0.05, 0) is 17.5 Å². The minimum atomic E-state index is -1.07. The summed E-state index contributed by atoms with van der Waals surface area (Å²) in [5.74, 6) is 0. The zero-order valence-electron chi connectivity index (χ0n) is 11.6. The maximum atomic E-state index is 10.6. The second-order valence-corrected chi connectivity index (χ2v) is 5.49. The van der Waals surface area contributed by atoms with Crippen molar-refractivity contribution in [2.45, 2.75) is 24.3 Å². The Morgan fingerprint density at radius 3 is 2.19 bits per heavy atom. The monoisotopic (exact) mass is 305 g/mol. The average molecular weight is 306 g/mol. The van der Waals surface area contributed by atoms with Crippen LogP contribution >= 0.6 is 11.6 Å². The van der Waals surface area contributed by atoms with Gasteiger partial charge in [0.15, 0.2) is 5.56 Å². The minimum absolute atomic E-state index is 0.542. The third-order valence-corrected chi connectivity index (χ3v) is 4.09. The molecule has 0 aromatic heterocycles. The van der Waals surface area contributed by atoms with Crippen molar-refractivity contribution in [1.82, 2.24) is 0 Å². The van der Waals surface area contributed by atoms with Gasteiger partial charge in [0.2, 0.25) is 0 Å². The number of benzene rings is 2. The number of halogens is 1. The summed E-state index contributed by atoms with van der Waals surface area (Å²) in [4.78, 5) is 15.3. The Morgan fingerprint density at radius 2 is 1.67 bits per heavy atom. The van der Waals surface area contributed by atoms with Crippen molar-refractivity contribution in [2.75, 3.05) is 0 Å². The van der Waals surface area contributed by atoms with E-state index in [-0.39, 0.29) is 0 Å². The minimum Gasteiger partial charge on any atom is -0.294 e. The summed E-state index contributed by atoms with van der Waals surface area (Å²) >= 11 is 6.20. The summed E-state index contributed by atoms with van der Waals surface area (Å²) in [6.07, 6.45) is 0.542. The van der Waals surface area contributed by atoms with Crippen LogP contribution in [-0.2, 0) is 16.7 Å². The highest BCUT2D eigenvalue weighted by Crippen LogP contribution is 2.35. The van der Waals surface area contributed by atoms with Gasteiger partial charge in [-0.2, -0.15) is 0 Å². The van der Waals surface area contributed by atoms with Gasteiger partial charge in [-0.3, -0.25) is 4.84 Å². The lowest BCUT2D eigenvalue weighted by Gasteiger charge is -2.33. The van der Waals surface area contributed by atoms with E-state index in [2.05, 4.69) is 4.84 Å². The predicted molar refractivity (Wildman–Crippen MR) is 81.7 cm³/mol. The molecule has 2 rings (SSSR count). The van der Waals surface area contributed by atoms with Crippen LogP contribution in [0.1, 0.15) is 18.1 Å². The SMILES string of the molecule is CC(Cc1ccccc1)(c1ccccc1)C(Cl)O[N+](=O)[O-]. The first-order valence-electron chi connectivity index (χ1n) is 6.57. The van der Waals surface area contributed by atoms with E-state index in [0.717, 1.165) is 11.1 Å². The molecule has 21 heavy (non-hydrogen) atoms.